The summed E-state index contributed by atoms with van der Waals surface area (Å²) in [4.78, 5) is 35.0. The van der Waals surface area contributed by atoms with Crippen molar-refractivity contribution in [1.29, 1.82) is 0 Å². The molecule has 0 heterocycles. The highest BCUT2D eigenvalue weighted by Crippen LogP contribution is 1.81. The topological polar surface area (TPSA) is 97.0 Å². The van der Waals surface area contributed by atoms with E-state index >= 15 is 0 Å². The molecule has 2 amide bonds. The van der Waals surface area contributed by atoms with Gasteiger partial charge in [0.25, 0.3) is 0 Å². The van der Waals surface area contributed by atoms with E-state index in [1.165, 1.54) is 0 Å². The number of likely N-dealkylation sites (N-methyl/N-ethyl adjacent to an activating group) is 1. The molecule has 0 aliphatic carbocycles. The molecular formula is C12H21N3O5. The van der Waals surface area contributed by atoms with Crippen LogP contribution >= 0.6 is 0 Å². The van der Waals surface area contributed by atoms with Gasteiger partial charge in [0.2, 0.25) is 0 Å². The normalized spacial score (nSPS) is 9.75. The number of ether oxygens (including phenoxy) is 2. The zero-order valence-electron chi connectivity index (χ0n) is 11.8. The fraction of sp³-hybridized carbons (Fsp3) is 0.583. The number of carbonyl (C=O) groups excluding carboxylic acids is 3. The number of hydrogen-bond acceptors (Lipinski definition) is 6. The van der Waals surface area contributed by atoms with Gasteiger partial charge < -0.3 is 25.0 Å². The molecule has 8 heteroatoms. The molecule has 0 rings (SSSR count). The maximum atomic E-state index is 11.2. The van der Waals surface area contributed by atoms with Crippen LogP contribution in [0.2, 0.25) is 0 Å². The molecule has 0 bridgehead atoms. The van der Waals surface area contributed by atoms with Crippen molar-refractivity contribution in [3.05, 3.63) is 12.7 Å². The lowest BCUT2D eigenvalue weighted by Crippen LogP contribution is -2.40. The average Bonchev–Trinajstić information content (AvgIpc) is 2.40. The van der Waals surface area contributed by atoms with Gasteiger partial charge in [0, 0.05) is 12.6 Å². The number of urea groups is 1. The van der Waals surface area contributed by atoms with Crippen LogP contribution in [0.4, 0.5) is 4.79 Å². The van der Waals surface area contributed by atoms with E-state index in [2.05, 4.69) is 21.9 Å². The van der Waals surface area contributed by atoms with Crippen molar-refractivity contribution in [1.82, 2.24) is 15.5 Å². The number of esters is 2. The quantitative estimate of drug-likeness (QED) is 0.325. The summed E-state index contributed by atoms with van der Waals surface area (Å²) < 4.78 is 9.52. The van der Waals surface area contributed by atoms with Crippen LogP contribution in [-0.4, -0.2) is 69.8 Å². The molecule has 0 aromatic carbocycles. The first-order valence-electron chi connectivity index (χ1n) is 6.07. The van der Waals surface area contributed by atoms with E-state index < -0.39 is 18.0 Å². The second-order valence-corrected chi connectivity index (χ2v) is 4.00. The van der Waals surface area contributed by atoms with Crippen molar-refractivity contribution in [2.24, 2.45) is 0 Å². The van der Waals surface area contributed by atoms with E-state index in [1.54, 1.807) is 0 Å². The minimum atomic E-state index is -0.559. The van der Waals surface area contributed by atoms with Gasteiger partial charge in [-0.2, -0.15) is 0 Å². The van der Waals surface area contributed by atoms with Gasteiger partial charge in [-0.3, -0.25) is 4.79 Å². The summed E-state index contributed by atoms with van der Waals surface area (Å²) in [6.07, 6.45) is 1.03. The molecule has 114 valence electrons. The molecule has 0 aromatic rings. The Morgan fingerprint density at radius 1 is 1.15 bits per heavy atom. The monoisotopic (exact) mass is 287 g/mol. The lowest BCUT2D eigenvalue weighted by Gasteiger charge is -2.10. The number of nitrogens with one attached hydrogen (secondary N) is 2. The fourth-order valence-electron chi connectivity index (χ4n) is 0.983. The molecule has 0 saturated carbocycles. The summed E-state index contributed by atoms with van der Waals surface area (Å²) in [7, 11) is 3.72. The molecule has 2 N–H and O–H groups in total. The summed E-state index contributed by atoms with van der Waals surface area (Å²) in [6.45, 7) is 4.07. The van der Waals surface area contributed by atoms with Crippen LogP contribution in [0.3, 0.4) is 0 Å². The molecule has 0 aromatic heterocycles. The first-order chi connectivity index (χ1) is 9.45. The van der Waals surface area contributed by atoms with Crippen LogP contribution in [0.25, 0.3) is 0 Å². The summed E-state index contributed by atoms with van der Waals surface area (Å²) in [5.74, 6) is -1.07. The van der Waals surface area contributed by atoms with Gasteiger partial charge in [0.15, 0.2) is 0 Å². The van der Waals surface area contributed by atoms with E-state index in [9.17, 15) is 14.4 Å². The van der Waals surface area contributed by atoms with Crippen LogP contribution in [0.15, 0.2) is 12.7 Å². The van der Waals surface area contributed by atoms with E-state index in [0.29, 0.717) is 6.54 Å². The highest BCUT2D eigenvalue weighted by molar-refractivity contribution is 5.81. The van der Waals surface area contributed by atoms with E-state index in [4.69, 9.17) is 4.74 Å². The molecular weight excluding hydrogens is 266 g/mol. The van der Waals surface area contributed by atoms with Gasteiger partial charge in [-0.05, 0) is 14.1 Å². The SMILES string of the molecule is C=CC(=O)OCCNC(=O)NCC(=O)OCCN(C)C. The largest absolute Gasteiger partial charge is 0.463 e. The minimum absolute atomic E-state index is 0.0333. The Morgan fingerprint density at radius 3 is 2.45 bits per heavy atom. The number of amides is 2. The van der Waals surface area contributed by atoms with Crippen LogP contribution in [0, 0.1) is 0 Å². The maximum Gasteiger partial charge on any atom is 0.330 e. The van der Waals surface area contributed by atoms with Crippen molar-refractivity contribution in [3.8, 4) is 0 Å². The molecule has 0 fully saturated rings. The predicted octanol–water partition coefficient (Wildman–Crippen LogP) is -0.880. The average molecular weight is 287 g/mol. The molecule has 20 heavy (non-hydrogen) atoms. The second kappa shape index (κ2) is 10.8. The Morgan fingerprint density at radius 2 is 1.85 bits per heavy atom. The van der Waals surface area contributed by atoms with Gasteiger partial charge in [-0.25, -0.2) is 9.59 Å². The van der Waals surface area contributed by atoms with Crippen molar-refractivity contribution in [3.63, 3.8) is 0 Å². The Kier molecular flexibility index (Phi) is 9.67. The third-order valence-corrected chi connectivity index (χ3v) is 1.99. The third kappa shape index (κ3) is 11.0. The van der Waals surface area contributed by atoms with E-state index in [0.717, 1.165) is 6.08 Å². The number of nitrogens with zero attached hydrogens (tertiary/aromatic N) is 1. The molecule has 8 nitrogen and oxygen atoms in total. The predicted molar refractivity (Wildman–Crippen MR) is 72.1 cm³/mol. The number of carbonyl (C=O) groups is 3. The number of hydrogen-bond donors (Lipinski definition) is 2. The Hall–Kier alpha value is -2.09. The van der Waals surface area contributed by atoms with Crippen LogP contribution in [0.5, 0.6) is 0 Å². The van der Waals surface area contributed by atoms with Crippen molar-refractivity contribution < 1.29 is 23.9 Å². The van der Waals surface area contributed by atoms with Gasteiger partial charge in [-0.1, -0.05) is 6.58 Å². The molecule has 0 radical (unpaired) electrons. The standard InChI is InChI=1S/C12H21N3O5/c1-4-10(16)19-7-5-13-12(18)14-9-11(17)20-8-6-15(2)3/h4H,1,5-9H2,2-3H3,(H2,13,14,18). The summed E-state index contributed by atoms with van der Waals surface area (Å²) in [5, 5.41) is 4.74. The van der Waals surface area contributed by atoms with Gasteiger partial charge in [0.05, 0.1) is 6.54 Å². The van der Waals surface area contributed by atoms with Crippen LogP contribution in [-0.2, 0) is 19.1 Å². The Balaban J connectivity index is 3.54. The van der Waals surface area contributed by atoms with Gasteiger partial charge in [0.1, 0.15) is 19.8 Å². The summed E-state index contributed by atoms with van der Waals surface area (Å²) in [6, 6.07) is -0.538. The Bertz CT molecular complexity index is 344. The molecule has 0 aliphatic rings. The van der Waals surface area contributed by atoms with Gasteiger partial charge >= 0.3 is 18.0 Å². The zero-order chi connectivity index (χ0) is 15.4. The summed E-state index contributed by atoms with van der Waals surface area (Å²) in [5.41, 5.74) is 0. The highest BCUT2D eigenvalue weighted by atomic mass is 16.5. The third-order valence-electron chi connectivity index (χ3n) is 1.99. The lowest BCUT2D eigenvalue weighted by atomic mass is 10.6. The smallest absolute Gasteiger partial charge is 0.330 e. The van der Waals surface area contributed by atoms with E-state index in [-0.39, 0.29) is 26.3 Å². The molecule has 0 spiro atoms. The van der Waals surface area contributed by atoms with Gasteiger partial charge in [-0.15, -0.1) is 0 Å². The van der Waals surface area contributed by atoms with Crippen molar-refractivity contribution in [2.75, 3.05) is 46.9 Å². The first-order valence-corrected chi connectivity index (χ1v) is 6.07. The Labute approximate surface area is 118 Å². The zero-order valence-corrected chi connectivity index (χ0v) is 11.8. The second-order valence-electron chi connectivity index (χ2n) is 4.00. The van der Waals surface area contributed by atoms with Crippen LogP contribution < -0.4 is 10.6 Å². The van der Waals surface area contributed by atoms with Crippen molar-refractivity contribution >= 4 is 18.0 Å². The molecule has 0 aliphatic heterocycles. The van der Waals surface area contributed by atoms with Crippen molar-refractivity contribution in [2.45, 2.75) is 0 Å². The molecule has 0 atom stereocenters. The fourth-order valence-corrected chi connectivity index (χ4v) is 0.983. The molecule has 0 saturated heterocycles. The van der Waals surface area contributed by atoms with E-state index in [1.807, 2.05) is 19.0 Å². The minimum Gasteiger partial charge on any atom is -0.463 e. The highest BCUT2D eigenvalue weighted by Gasteiger charge is 2.06. The lowest BCUT2D eigenvalue weighted by molar-refractivity contribution is -0.142. The van der Waals surface area contributed by atoms with Crippen LogP contribution in [0.1, 0.15) is 0 Å². The first kappa shape index (κ1) is 17.9. The summed E-state index contributed by atoms with van der Waals surface area (Å²) >= 11 is 0. The molecule has 0 unspecified atom stereocenters. The number of rotatable bonds is 9. The maximum absolute atomic E-state index is 11.2.